The number of alkyl halides is 1. The van der Waals surface area contributed by atoms with Gasteiger partial charge in [-0.15, -0.1) is 5.10 Å². The molecular formula is C17H17Cl2F2N5. The average molecular weight is 400 g/mol. The number of benzene rings is 1. The summed E-state index contributed by atoms with van der Waals surface area (Å²) in [5, 5.41) is 7.54. The molecule has 5 nitrogen and oxygen atoms in total. The Morgan fingerprint density at radius 1 is 1.27 bits per heavy atom. The second-order valence-corrected chi connectivity index (χ2v) is 6.71. The van der Waals surface area contributed by atoms with Crippen LogP contribution in [-0.4, -0.2) is 26.8 Å². The molecule has 2 atom stereocenters. The van der Waals surface area contributed by atoms with Gasteiger partial charge in [0.1, 0.15) is 22.7 Å². The van der Waals surface area contributed by atoms with E-state index in [1.807, 2.05) is 0 Å². The number of hydrogen-bond donors (Lipinski definition) is 2. The third-order valence-corrected chi connectivity index (χ3v) is 4.60. The lowest BCUT2D eigenvalue weighted by molar-refractivity contribution is 0.304. The van der Waals surface area contributed by atoms with Crippen molar-refractivity contribution in [2.75, 3.05) is 5.32 Å². The van der Waals surface area contributed by atoms with Gasteiger partial charge in [0, 0.05) is 12.6 Å². The van der Waals surface area contributed by atoms with E-state index < -0.39 is 12.2 Å². The van der Waals surface area contributed by atoms with Crippen LogP contribution in [0.1, 0.15) is 18.1 Å². The Balaban J connectivity index is 1.90. The maximum atomic E-state index is 13.4. The molecule has 26 heavy (non-hydrogen) atoms. The minimum Gasteiger partial charge on any atom is -0.364 e. The second kappa shape index (κ2) is 7.73. The van der Waals surface area contributed by atoms with Crippen LogP contribution >= 0.6 is 23.2 Å². The summed E-state index contributed by atoms with van der Waals surface area (Å²) in [5.41, 5.74) is 7.92. The first-order valence-electron chi connectivity index (χ1n) is 7.96. The summed E-state index contributed by atoms with van der Waals surface area (Å²) in [6.45, 7) is 1.81. The monoisotopic (exact) mass is 399 g/mol. The molecule has 0 aliphatic heterocycles. The van der Waals surface area contributed by atoms with Crippen LogP contribution < -0.4 is 11.1 Å². The SMILES string of the molecule is C[C@H](F)[C@H](N)Cc1cc2c(NCc3ccc(F)cc3)nc(Cl)nn2c1Cl. The first kappa shape index (κ1) is 18.8. The van der Waals surface area contributed by atoms with Crippen LogP contribution in [0.3, 0.4) is 0 Å². The molecule has 0 unspecified atom stereocenters. The molecule has 3 aromatic rings. The van der Waals surface area contributed by atoms with Gasteiger partial charge in [-0.3, -0.25) is 0 Å². The fourth-order valence-corrected chi connectivity index (χ4v) is 2.95. The Bertz CT molecular complexity index is 912. The molecule has 3 rings (SSSR count). The number of hydrogen-bond acceptors (Lipinski definition) is 4. The molecule has 2 aromatic heterocycles. The summed E-state index contributed by atoms with van der Waals surface area (Å²) in [4.78, 5) is 4.19. The van der Waals surface area contributed by atoms with Crippen LogP contribution in [0.2, 0.25) is 10.4 Å². The summed E-state index contributed by atoms with van der Waals surface area (Å²) in [6, 6.07) is 7.18. The van der Waals surface area contributed by atoms with Gasteiger partial charge in [0.05, 0.1) is 0 Å². The Kier molecular flexibility index (Phi) is 5.60. The lowest BCUT2D eigenvalue weighted by atomic mass is 10.1. The number of rotatable bonds is 6. The minimum absolute atomic E-state index is 0.00585. The normalized spacial score (nSPS) is 13.8. The number of nitrogens with one attached hydrogen (secondary N) is 1. The highest BCUT2D eigenvalue weighted by molar-refractivity contribution is 6.31. The van der Waals surface area contributed by atoms with Gasteiger partial charge >= 0.3 is 0 Å². The third kappa shape index (κ3) is 4.06. The smallest absolute Gasteiger partial charge is 0.243 e. The van der Waals surface area contributed by atoms with Crippen LogP contribution in [0.25, 0.3) is 5.52 Å². The largest absolute Gasteiger partial charge is 0.364 e. The van der Waals surface area contributed by atoms with Crippen LogP contribution in [0.15, 0.2) is 30.3 Å². The molecule has 1 aromatic carbocycles. The Labute approximate surface area is 159 Å². The molecule has 0 aliphatic rings. The molecule has 3 N–H and O–H groups in total. The van der Waals surface area contributed by atoms with Crippen molar-refractivity contribution in [2.24, 2.45) is 5.73 Å². The molecule has 0 fully saturated rings. The number of aromatic nitrogens is 3. The van der Waals surface area contributed by atoms with Crippen molar-refractivity contribution in [3.8, 4) is 0 Å². The first-order chi connectivity index (χ1) is 12.3. The van der Waals surface area contributed by atoms with Gasteiger partial charge in [0.2, 0.25) is 5.28 Å². The van der Waals surface area contributed by atoms with E-state index in [-0.39, 0.29) is 17.5 Å². The van der Waals surface area contributed by atoms with Gasteiger partial charge in [-0.2, -0.15) is 4.98 Å². The minimum atomic E-state index is -1.17. The van der Waals surface area contributed by atoms with Crippen molar-refractivity contribution >= 4 is 34.5 Å². The fraction of sp³-hybridized carbons (Fsp3) is 0.294. The molecular weight excluding hydrogens is 383 g/mol. The molecule has 2 heterocycles. The number of nitrogens with zero attached hydrogens (tertiary/aromatic N) is 3. The maximum Gasteiger partial charge on any atom is 0.243 e. The lowest BCUT2D eigenvalue weighted by Gasteiger charge is -2.11. The Morgan fingerprint density at radius 3 is 2.62 bits per heavy atom. The van der Waals surface area contributed by atoms with Gasteiger partial charge < -0.3 is 11.1 Å². The topological polar surface area (TPSA) is 68.2 Å². The Hall–Kier alpha value is -1.96. The molecule has 0 amide bonds. The number of fused-ring (bicyclic) bond motifs is 1. The van der Waals surface area contributed by atoms with Gasteiger partial charge in [0.25, 0.3) is 0 Å². The number of anilines is 1. The maximum absolute atomic E-state index is 13.4. The standard InChI is InChI=1S/C17H17Cl2F2N5/c1-9(20)13(22)6-11-7-14-16(24-17(19)25-26(14)15(11)18)23-8-10-2-4-12(21)5-3-10/h2-5,7,9,13H,6,8,22H2,1H3,(H,23,24,25)/t9-,13+/m0/s1. The van der Waals surface area contributed by atoms with Crippen LogP contribution in [0.4, 0.5) is 14.6 Å². The van der Waals surface area contributed by atoms with Crippen molar-refractivity contribution < 1.29 is 8.78 Å². The third-order valence-electron chi connectivity index (χ3n) is 4.04. The second-order valence-electron chi connectivity index (χ2n) is 6.01. The van der Waals surface area contributed by atoms with Crippen LogP contribution in [0.5, 0.6) is 0 Å². The molecule has 0 aliphatic carbocycles. The number of nitrogens with two attached hydrogens (primary N) is 1. The summed E-state index contributed by atoms with van der Waals surface area (Å²) in [6.07, 6.45) is -0.908. The first-order valence-corrected chi connectivity index (χ1v) is 8.72. The van der Waals surface area contributed by atoms with Gasteiger partial charge in [-0.05, 0) is 54.3 Å². The fourth-order valence-electron chi connectivity index (χ4n) is 2.53. The molecule has 0 saturated heterocycles. The van der Waals surface area contributed by atoms with Crippen molar-refractivity contribution in [3.05, 3.63) is 57.7 Å². The predicted octanol–water partition coefficient (Wildman–Crippen LogP) is 4.02. The van der Waals surface area contributed by atoms with E-state index in [0.29, 0.717) is 28.6 Å². The van der Waals surface area contributed by atoms with Crippen molar-refractivity contribution in [2.45, 2.75) is 32.1 Å². The van der Waals surface area contributed by atoms with E-state index in [1.54, 1.807) is 18.2 Å². The highest BCUT2D eigenvalue weighted by Gasteiger charge is 2.19. The van der Waals surface area contributed by atoms with Gasteiger partial charge in [-0.25, -0.2) is 13.3 Å². The molecule has 9 heteroatoms. The molecule has 0 bridgehead atoms. The summed E-state index contributed by atoms with van der Waals surface area (Å²) >= 11 is 12.3. The number of halogens is 4. The Morgan fingerprint density at radius 2 is 1.96 bits per heavy atom. The summed E-state index contributed by atoms with van der Waals surface area (Å²) < 4.78 is 27.8. The molecule has 0 saturated carbocycles. The summed E-state index contributed by atoms with van der Waals surface area (Å²) in [7, 11) is 0. The van der Waals surface area contributed by atoms with E-state index in [2.05, 4.69) is 15.4 Å². The zero-order valence-corrected chi connectivity index (χ0v) is 15.4. The van der Waals surface area contributed by atoms with Crippen molar-refractivity contribution in [1.29, 1.82) is 0 Å². The lowest BCUT2D eigenvalue weighted by Crippen LogP contribution is -2.31. The van der Waals surface area contributed by atoms with Gasteiger partial charge in [0.15, 0.2) is 5.82 Å². The highest BCUT2D eigenvalue weighted by atomic mass is 35.5. The van der Waals surface area contributed by atoms with Crippen LogP contribution in [0, 0.1) is 5.82 Å². The molecule has 0 spiro atoms. The van der Waals surface area contributed by atoms with Crippen molar-refractivity contribution in [3.63, 3.8) is 0 Å². The van der Waals surface area contributed by atoms with Crippen LogP contribution in [-0.2, 0) is 13.0 Å². The zero-order valence-electron chi connectivity index (χ0n) is 13.9. The zero-order chi connectivity index (χ0) is 18.8. The van der Waals surface area contributed by atoms with E-state index in [0.717, 1.165) is 5.56 Å². The highest BCUT2D eigenvalue weighted by Crippen LogP contribution is 2.27. The molecule has 138 valence electrons. The molecule has 0 radical (unpaired) electrons. The predicted molar refractivity (Wildman–Crippen MR) is 99.0 cm³/mol. The quantitative estimate of drug-likeness (QED) is 0.656. The van der Waals surface area contributed by atoms with E-state index >= 15 is 0 Å². The van der Waals surface area contributed by atoms with E-state index in [1.165, 1.54) is 23.6 Å². The van der Waals surface area contributed by atoms with Gasteiger partial charge in [-0.1, -0.05) is 23.7 Å². The van der Waals surface area contributed by atoms with Crippen molar-refractivity contribution in [1.82, 2.24) is 14.6 Å². The summed E-state index contributed by atoms with van der Waals surface area (Å²) in [5.74, 6) is 0.159. The average Bonchev–Trinajstić information content (AvgIpc) is 2.90. The van der Waals surface area contributed by atoms with E-state index in [4.69, 9.17) is 28.9 Å². The van der Waals surface area contributed by atoms with E-state index in [9.17, 15) is 8.78 Å².